The van der Waals surface area contributed by atoms with Crippen molar-refractivity contribution in [2.75, 3.05) is 0 Å². The van der Waals surface area contributed by atoms with Crippen molar-refractivity contribution in [2.24, 2.45) is 0 Å². The van der Waals surface area contributed by atoms with Gasteiger partial charge in [0.05, 0.1) is 0 Å². The van der Waals surface area contributed by atoms with Crippen molar-refractivity contribution in [3.8, 4) is 189 Å². The minimum absolute atomic E-state index is 0.0957. The van der Waals surface area contributed by atoms with Crippen LogP contribution in [0.5, 0.6) is 0 Å². The van der Waals surface area contributed by atoms with E-state index in [4.69, 9.17) is 0 Å². The molecule has 0 bridgehead atoms. The standard InChI is InChI=1S/C139H118/c1-19-61-139(62-20-2)127-77-91(87-45-57-105-101-53-41-83(69-119(101)135(11,12)123(105)73-87)79-37-49-97-93-29-21-25-33-111(93)131(3,4)115(97)65-79)63-109(89-47-59-107-103-55-43-85(71-121(103)137(15,16)125(107)75-89)81-39-51-99-95-31-23-27-35-113(95)133(7,8)117(99)67-81)129(127)130-110(90-48-60-108-104-56-44-86(72-122(104)138(17,18)126(108)76-90)82-40-52-100-96-32-24-28-36-114(96)134(9,10)118(100)68-82)64-92(78-128(130)139)88-46-58-106-102-54-42-84(70-120(102)136(13,14)124(106)74-88)80-38-50-98-94-30-22-26-34-112(94)132(5,6)116(98)66-80/h21-60,63-78H,19-20,61-62H2,1-18H3. The maximum Gasteiger partial charge on any atom is 0.0215 e. The molecule has 0 heterocycles. The van der Waals surface area contributed by atoms with Crippen molar-refractivity contribution >= 4 is 0 Å². The van der Waals surface area contributed by atoms with E-state index < -0.39 is 0 Å². The molecule has 0 amide bonds. The fourth-order valence-corrected chi connectivity index (χ4v) is 28.9. The van der Waals surface area contributed by atoms with E-state index in [9.17, 15) is 0 Å². The van der Waals surface area contributed by atoms with Crippen molar-refractivity contribution in [1.29, 1.82) is 0 Å². The summed E-state index contributed by atoms with van der Waals surface area (Å²) in [5.74, 6) is 0. The molecule has 0 saturated carbocycles. The number of benzene rings is 18. The smallest absolute Gasteiger partial charge is 0.0215 e. The topological polar surface area (TPSA) is 0 Å². The van der Waals surface area contributed by atoms with Gasteiger partial charge in [0, 0.05) is 48.7 Å². The van der Waals surface area contributed by atoms with Gasteiger partial charge in [0.25, 0.3) is 0 Å². The molecular formula is C139H118. The van der Waals surface area contributed by atoms with E-state index in [2.05, 4.69) is 464 Å². The molecule has 674 valence electrons. The van der Waals surface area contributed by atoms with Crippen molar-refractivity contribution in [3.05, 3.63) is 440 Å². The first-order valence-corrected chi connectivity index (χ1v) is 51.3. The van der Waals surface area contributed by atoms with Gasteiger partial charge in [-0.15, -0.1) is 0 Å². The fraction of sp³-hybridized carbons (Fsp3) is 0.223. The Balaban J connectivity index is 0.642. The molecule has 139 heavy (non-hydrogen) atoms. The first-order chi connectivity index (χ1) is 66.8. The molecule has 0 fully saturated rings. The highest BCUT2D eigenvalue weighted by atomic mass is 14.5. The quantitative estimate of drug-likeness (QED) is 0.114. The van der Waals surface area contributed by atoms with Gasteiger partial charge < -0.3 is 0 Å². The van der Waals surface area contributed by atoms with Crippen LogP contribution < -0.4 is 0 Å². The molecule has 0 aliphatic heterocycles. The van der Waals surface area contributed by atoms with Gasteiger partial charge in [0.15, 0.2) is 0 Å². The van der Waals surface area contributed by atoms with E-state index >= 15 is 0 Å². The van der Waals surface area contributed by atoms with E-state index in [1.165, 1.54) is 289 Å². The summed E-state index contributed by atoms with van der Waals surface area (Å²) in [6, 6.07) is 136. The Morgan fingerprint density at radius 1 is 0.129 bits per heavy atom. The van der Waals surface area contributed by atoms with Crippen LogP contribution in [0.1, 0.15) is 250 Å². The van der Waals surface area contributed by atoms with E-state index in [0.29, 0.717) is 0 Å². The van der Waals surface area contributed by atoms with E-state index in [0.717, 1.165) is 25.7 Å². The number of fused-ring (bicyclic) bond motifs is 27. The lowest BCUT2D eigenvalue weighted by Crippen LogP contribution is -2.25. The third-order valence-corrected chi connectivity index (χ3v) is 36.6. The van der Waals surface area contributed by atoms with E-state index in [1.54, 1.807) is 0 Å². The zero-order valence-electron chi connectivity index (χ0n) is 83.7. The predicted octanol–water partition coefficient (Wildman–Crippen LogP) is 37.3. The van der Waals surface area contributed by atoms with E-state index in [-0.39, 0.29) is 48.7 Å². The Labute approximate surface area is 822 Å². The minimum Gasteiger partial charge on any atom is -0.0653 e. The highest BCUT2D eigenvalue weighted by molar-refractivity contribution is 6.06. The fourth-order valence-electron chi connectivity index (χ4n) is 28.9. The average Bonchev–Trinajstić information content (AvgIpc) is 1.52. The average molecular weight is 1790 g/mol. The van der Waals surface area contributed by atoms with Crippen LogP contribution >= 0.6 is 0 Å². The Hall–Kier alpha value is -14.0. The molecule has 9 aliphatic carbocycles. The molecule has 0 unspecified atom stereocenters. The first kappa shape index (κ1) is 84.3. The Morgan fingerprint density at radius 2 is 0.273 bits per heavy atom. The minimum atomic E-state index is -0.379. The van der Waals surface area contributed by atoms with Crippen LogP contribution in [0.3, 0.4) is 0 Å². The Bertz CT molecular complexity index is 8060. The van der Waals surface area contributed by atoms with Crippen molar-refractivity contribution in [1.82, 2.24) is 0 Å². The molecule has 0 nitrogen and oxygen atoms in total. The lowest BCUT2D eigenvalue weighted by atomic mass is 9.70. The second-order valence-corrected chi connectivity index (χ2v) is 46.8. The molecule has 0 radical (unpaired) electrons. The molecule has 18 aromatic rings. The van der Waals surface area contributed by atoms with Gasteiger partial charge in [0.1, 0.15) is 0 Å². The van der Waals surface area contributed by atoms with Gasteiger partial charge in [-0.2, -0.15) is 0 Å². The van der Waals surface area contributed by atoms with Crippen LogP contribution in [0.4, 0.5) is 0 Å². The van der Waals surface area contributed by atoms with Gasteiger partial charge in [-0.1, -0.05) is 380 Å². The van der Waals surface area contributed by atoms with E-state index in [1.807, 2.05) is 0 Å². The van der Waals surface area contributed by atoms with Crippen molar-refractivity contribution < 1.29 is 0 Å². The summed E-state index contributed by atoms with van der Waals surface area (Å²) in [5, 5.41) is 0. The van der Waals surface area contributed by atoms with Gasteiger partial charge in [-0.05, 0) is 399 Å². The van der Waals surface area contributed by atoms with Crippen LogP contribution in [0, 0.1) is 0 Å². The molecule has 9 aliphatic rings. The maximum absolute atomic E-state index is 2.73. The normalized spacial score (nSPS) is 16.9. The summed E-state index contributed by atoms with van der Waals surface area (Å²) in [6.45, 7) is 44.1. The van der Waals surface area contributed by atoms with Crippen molar-refractivity contribution in [2.45, 2.75) is 199 Å². The van der Waals surface area contributed by atoms with Crippen LogP contribution in [-0.2, 0) is 48.7 Å². The SMILES string of the molecule is CCCC1(CCC)c2cc(-c3ccc4c(c3)C(C)(C)c3cc(-c5ccc6c(c5)C(C)(C)c5ccccc5-6)ccc3-4)cc(-c3ccc4c(c3)C(C)(C)c3cc(-c5ccc6c(c5)C(C)(C)c5ccccc5-6)ccc3-4)c2-c2c(-c3ccc4c(c3)C(C)(C)c3cc(-c5ccc6c(c5)C(C)(C)c5ccccc5-6)ccc3-4)cc(-c3ccc4c(c3)C(C)(C)c3cc(-c5ccc6c(c5)C(C)(C)c5ccccc5-6)ccc3-4)cc21. The lowest BCUT2D eigenvalue weighted by Gasteiger charge is -2.33. The molecular weight excluding hydrogens is 1670 g/mol. The number of hydrogen-bond acceptors (Lipinski definition) is 0. The summed E-state index contributed by atoms with van der Waals surface area (Å²) in [4.78, 5) is 0. The third-order valence-electron chi connectivity index (χ3n) is 36.6. The molecule has 0 saturated heterocycles. The summed E-state index contributed by atoms with van der Waals surface area (Å²) in [5.41, 5.74) is 67.7. The molecule has 27 rings (SSSR count). The molecule has 0 aromatic heterocycles. The first-order valence-electron chi connectivity index (χ1n) is 51.3. The second kappa shape index (κ2) is 28.6. The maximum atomic E-state index is 2.73. The highest BCUT2D eigenvalue weighted by Gasteiger charge is 2.50. The second-order valence-electron chi connectivity index (χ2n) is 46.8. The van der Waals surface area contributed by atoms with Crippen LogP contribution in [-0.4, -0.2) is 0 Å². The Kier molecular flexibility index (Phi) is 17.3. The summed E-state index contributed by atoms with van der Waals surface area (Å²) in [6.07, 6.45) is 4.01. The molecule has 0 atom stereocenters. The summed E-state index contributed by atoms with van der Waals surface area (Å²) < 4.78 is 0. The number of hydrogen-bond donors (Lipinski definition) is 0. The highest BCUT2D eigenvalue weighted by Crippen LogP contribution is 2.66. The molecule has 0 N–H and O–H groups in total. The molecule has 18 aromatic carbocycles. The molecule has 0 spiro atoms. The van der Waals surface area contributed by atoms with Crippen molar-refractivity contribution in [3.63, 3.8) is 0 Å². The van der Waals surface area contributed by atoms with Crippen LogP contribution in [0.15, 0.2) is 340 Å². The van der Waals surface area contributed by atoms with Gasteiger partial charge in [-0.25, -0.2) is 0 Å². The molecule has 0 heteroatoms. The zero-order chi connectivity index (χ0) is 94.9. The summed E-state index contributed by atoms with van der Waals surface area (Å²) in [7, 11) is 0. The third kappa shape index (κ3) is 11.4. The Morgan fingerprint density at radius 3 is 0.460 bits per heavy atom. The monoisotopic (exact) mass is 1790 g/mol. The van der Waals surface area contributed by atoms with Gasteiger partial charge >= 0.3 is 0 Å². The van der Waals surface area contributed by atoms with Gasteiger partial charge in [0.2, 0.25) is 0 Å². The zero-order valence-corrected chi connectivity index (χ0v) is 83.7. The predicted molar refractivity (Wildman–Crippen MR) is 586 cm³/mol. The number of rotatable bonds is 12. The van der Waals surface area contributed by atoms with Gasteiger partial charge in [-0.3, -0.25) is 0 Å². The lowest BCUT2D eigenvalue weighted by molar-refractivity contribution is 0.436. The summed E-state index contributed by atoms with van der Waals surface area (Å²) >= 11 is 0. The largest absolute Gasteiger partial charge is 0.0653 e. The van der Waals surface area contributed by atoms with Crippen LogP contribution in [0.2, 0.25) is 0 Å². The van der Waals surface area contributed by atoms with Crippen LogP contribution in [0.25, 0.3) is 189 Å².